The summed E-state index contributed by atoms with van der Waals surface area (Å²) in [5, 5.41) is 8.64. The first kappa shape index (κ1) is 17.4. The van der Waals surface area contributed by atoms with Crippen LogP contribution < -0.4 is 4.90 Å². The van der Waals surface area contributed by atoms with E-state index in [1.54, 1.807) is 10.7 Å². The van der Waals surface area contributed by atoms with E-state index in [2.05, 4.69) is 15.2 Å². The van der Waals surface area contributed by atoms with Crippen LogP contribution in [0.5, 0.6) is 0 Å². The molecule has 31 heavy (non-hydrogen) atoms. The van der Waals surface area contributed by atoms with Crippen LogP contribution in [0.15, 0.2) is 47.2 Å². The van der Waals surface area contributed by atoms with Gasteiger partial charge in [0, 0.05) is 30.3 Å². The van der Waals surface area contributed by atoms with Crippen molar-refractivity contribution in [2.45, 2.75) is 37.1 Å². The molecular formula is C23H19F2N5O. The zero-order valence-electron chi connectivity index (χ0n) is 16.6. The molecule has 2 aliphatic carbocycles. The highest BCUT2D eigenvalue weighted by Crippen LogP contribution is 2.63. The van der Waals surface area contributed by atoms with Gasteiger partial charge in [-0.1, -0.05) is 5.16 Å². The van der Waals surface area contributed by atoms with Crippen molar-refractivity contribution in [3.05, 3.63) is 65.7 Å². The number of hydrogen-bond donors (Lipinski definition) is 0. The summed E-state index contributed by atoms with van der Waals surface area (Å²) in [6.45, 7) is 0.753. The Kier molecular flexibility index (Phi) is 3.31. The van der Waals surface area contributed by atoms with Crippen molar-refractivity contribution < 1.29 is 13.3 Å². The molecule has 0 spiro atoms. The van der Waals surface area contributed by atoms with Crippen LogP contribution in [0, 0.1) is 17.6 Å². The van der Waals surface area contributed by atoms with Gasteiger partial charge in [-0.2, -0.15) is 5.10 Å². The summed E-state index contributed by atoms with van der Waals surface area (Å²) in [5.41, 5.74) is 2.10. The van der Waals surface area contributed by atoms with E-state index in [1.165, 1.54) is 18.2 Å². The molecule has 4 aromatic rings. The molecule has 1 saturated heterocycles. The fourth-order valence-electron chi connectivity index (χ4n) is 5.26. The molecule has 0 N–H and O–H groups in total. The highest BCUT2D eigenvalue weighted by Gasteiger charge is 2.64. The number of nitrogens with zero attached hydrogens (tertiary/aromatic N) is 5. The first-order valence-electron chi connectivity index (χ1n) is 10.7. The number of piperidine rings is 1. The van der Waals surface area contributed by atoms with Crippen molar-refractivity contribution in [1.82, 2.24) is 19.8 Å². The normalized spacial score (nSPS) is 24.7. The zero-order chi connectivity index (χ0) is 20.7. The Balaban J connectivity index is 1.32. The third kappa shape index (κ3) is 2.44. The quantitative estimate of drug-likeness (QED) is 0.481. The third-order valence-electron chi connectivity index (χ3n) is 7.07. The van der Waals surface area contributed by atoms with Gasteiger partial charge < -0.3 is 9.42 Å². The number of rotatable bonds is 4. The van der Waals surface area contributed by atoms with Gasteiger partial charge in [0.2, 0.25) is 0 Å². The SMILES string of the molecule is Fc1ccc(F)c([C@@]23C[C@@H]2CCN3c2ccn3ncc(-c4cc(C5CC5)on4)c3n2)c1. The van der Waals surface area contributed by atoms with E-state index in [9.17, 15) is 8.78 Å². The van der Waals surface area contributed by atoms with E-state index in [0.29, 0.717) is 23.0 Å². The summed E-state index contributed by atoms with van der Waals surface area (Å²) < 4.78 is 35.9. The highest BCUT2D eigenvalue weighted by molar-refractivity contribution is 5.75. The number of fused-ring (bicyclic) bond motifs is 2. The van der Waals surface area contributed by atoms with E-state index in [4.69, 9.17) is 9.51 Å². The molecule has 8 heteroatoms. The summed E-state index contributed by atoms with van der Waals surface area (Å²) in [7, 11) is 0. The molecule has 1 aliphatic heterocycles. The molecule has 7 rings (SSSR count). The molecule has 3 fully saturated rings. The molecule has 2 atom stereocenters. The van der Waals surface area contributed by atoms with E-state index < -0.39 is 11.4 Å². The third-order valence-corrected chi connectivity index (χ3v) is 7.07. The Morgan fingerprint density at radius 1 is 1.10 bits per heavy atom. The summed E-state index contributed by atoms with van der Waals surface area (Å²) in [4.78, 5) is 7.02. The highest BCUT2D eigenvalue weighted by atomic mass is 19.1. The number of aromatic nitrogens is 4. The maximum atomic E-state index is 14.7. The molecule has 1 aromatic carbocycles. The number of halogens is 2. The molecule has 156 valence electrons. The van der Waals surface area contributed by atoms with Crippen molar-refractivity contribution in [3.63, 3.8) is 0 Å². The van der Waals surface area contributed by atoms with Crippen molar-refractivity contribution in [2.24, 2.45) is 5.92 Å². The van der Waals surface area contributed by atoms with Crippen LogP contribution in [-0.4, -0.2) is 26.3 Å². The van der Waals surface area contributed by atoms with Gasteiger partial charge >= 0.3 is 0 Å². The monoisotopic (exact) mass is 419 g/mol. The Morgan fingerprint density at radius 2 is 2.00 bits per heavy atom. The first-order chi connectivity index (χ1) is 15.1. The van der Waals surface area contributed by atoms with Gasteiger partial charge in [-0.3, -0.25) is 0 Å². The summed E-state index contributed by atoms with van der Waals surface area (Å²) in [6, 6.07) is 7.59. The Bertz CT molecular complexity index is 1340. The van der Waals surface area contributed by atoms with Crippen LogP contribution in [0.2, 0.25) is 0 Å². The average molecular weight is 419 g/mol. The first-order valence-corrected chi connectivity index (χ1v) is 10.7. The van der Waals surface area contributed by atoms with Gasteiger partial charge in [-0.05, 0) is 55.9 Å². The van der Waals surface area contributed by atoms with Gasteiger partial charge in [-0.15, -0.1) is 0 Å². The lowest BCUT2D eigenvalue weighted by Gasteiger charge is -2.30. The molecule has 0 unspecified atom stereocenters. The van der Waals surface area contributed by atoms with Crippen molar-refractivity contribution in [1.29, 1.82) is 0 Å². The van der Waals surface area contributed by atoms with Crippen LogP contribution in [0.1, 0.15) is 42.9 Å². The molecule has 4 heterocycles. The fourth-order valence-corrected chi connectivity index (χ4v) is 5.26. The van der Waals surface area contributed by atoms with E-state index in [-0.39, 0.29) is 5.82 Å². The predicted octanol–water partition coefficient (Wildman–Crippen LogP) is 4.67. The molecule has 6 nitrogen and oxygen atoms in total. The van der Waals surface area contributed by atoms with Gasteiger partial charge in [0.25, 0.3) is 0 Å². The van der Waals surface area contributed by atoms with Gasteiger partial charge in [0.1, 0.15) is 28.9 Å². The van der Waals surface area contributed by atoms with Crippen LogP contribution >= 0.6 is 0 Å². The smallest absolute Gasteiger partial charge is 0.166 e. The minimum absolute atomic E-state index is 0.308. The summed E-state index contributed by atoms with van der Waals surface area (Å²) in [5.74, 6) is 1.65. The Labute approximate surface area is 176 Å². The van der Waals surface area contributed by atoms with Crippen LogP contribution in [-0.2, 0) is 5.54 Å². The average Bonchev–Trinajstić information content (AvgIpc) is 3.60. The van der Waals surface area contributed by atoms with E-state index in [1.807, 2.05) is 18.3 Å². The minimum atomic E-state index is -0.523. The standard InChI is InChI=1S/C23H19F2N5O/c24-15-3-4-18(25)17(9-15)23-11-14(23)5-7-29(23)21-6-8-30-22(27-21)16(12-26-30)19-10-20(31-28-19)13-1-2-13/h3-4,6,8-10,12-14H,1-2,5,7,11H2/t14-,23+/m0/s1. The maximum absolute atomic E-state index is 14.7. The molecular weight excluding hydrogens is 400 g/mol. The molecule has 0 bridgehead atoms. The maximum Gasteiger partial charge on any atom is 0.166 e. The van der Waals surface area contributed by atoms with Gasteiger partial charge in [-0.25, -0.2) is 18.3 Å². The van der Waals surface area contributed by atoms with E-state index in [0.717, 1.165) is 55.1 Å². The number of hydrogen-bond acceptors (Lipinski definition) is 5. The largest absolute Gasteiger partial charge is 0.360 e. The second-order valence-electron chi connectivity index (χ2n) is 8.89. The number of benzene rings is 1. The second-order valence-corrected chi connectivity index (χ2v) is 8.89. The Morgan fingerprint density at radius 3 is 2.84 bits per heavy atom. The lowest BCUT2D eigenvalue weighted by molar-refractivity contribution is 0.386. The number of anilines is 1. The van der Waals surface area contributed by atoms with Gasteiger partial charge in [0.05, 0.1) is 17.3 Å². The summed E-state index contributed by atoms with van der Waals surface area (Å²) >= 11 is 0. The molecule has 0 amide bonds. The predicted molar refractivity (Wildman–Crippen MR) is 109 cm³/mol. The Hall–Kier alpha value is -3.29. The lowest BCUT2D eigenvalue weighted by atomic mass is 10.0. The van der Waals surface area contributed by atoms with Crippen molar-refractivity contribution in [3.8, 4) is 11.3 Å². The van der Waals surface area contributed by atoms with Gasteiger partial charge in [0.15, 0.2) is 5.65 Å². The zero-order valence-corrected chi connectivity index (χ0v) is 16.6. The topological polar surface area (TPSA) is 59.5 Å². The molecule has 0 radical (unpaired) electrons. The minimum Gasteiger partial charge on any atom is -0.360 e. The van der Waals surface area contributed by atoms with Crippen LogP contribution in [0.3, 0.4) is 0 Å². The molecule has 2 saturated carbocycles. The van der Waals surface area contributed by atoms with E-state index >= 15 is 0 Å². The van der Waals surface area contributed by atoms with Crippen molar-refractivity contribution in [2.75, 3.05) is 11.4 Å². The fraction of sp³-hybridized carbons (Fsp3) is 0.348. The molecule has 3 aliphatic rings. The van der Waals surface area contributed by atoms with Crippen LogP contribution in [0.25, 0.3) is 16.9 Å². The van der Waals surface area contributed by atoms with Crippen LogP contribution in [0.4, 0.5) is 14.6 Å². The second kappa shape index (κ2) is 5.90. The lowest BCUT2D eigenvalue weighted by Crippen LogP contribution is -2.34. The summed E-state index contributed by atoms with van der Waals surface area (Å²) in [6.07, 6.45) is 7.62. The molecule has 3 aromatic heterocycles. The van der Waals surface area contributed by atoms with Crippen molar-refractivity contribution >= 4 is 11.5 Å².